The van der Waals surface area contributed by atoms with Crippen LogP contribution in [0.25, 0.3) is 0 Å². The van der Waals surface area contributed by atoms with E-state index in [0.29, 0.717) is 12.4 Å². The number of hydrogen-bond donors (Lipinski definition) is 0. The normalized spacial score (nSPS) is 32.4. The molecule has 0 N–H and O–H groups in total. The number of esters is 1. The van der Waals surface area contributed by atoms with E-state index in [2.05, 4.69) is 19.2 Å². The van der Waals surface area contributed by atoms with Crippen LogP contribution in [-0.4, -0.2) is 12.6 Å². The van der Waals surface area contributed by atoms with E-state index in [4.69, 9.17) is 9.47 Å². The van der Waals surface area contributed by atoms with E-state index < -0.39 is 5.82 Å². The SMILES string of the molecule is C=CCOc1ccc(OC(=O)C2CCC(C3CCC4CC(C=C)CCC4C3)CC2)c(F)c1. The predicted octanol–water partition coefficient (Wildman–Crippen LogP) is 7.12. The van der Waals surface area contributed by atoms with Crippen molar-refractivity contribution in [2.24, 2.45) is 35.5 Å². The van der Waals surface area contributed by atoms with Crippen LogP contribution in [-0.2, 0) is 4.79 Å². The van der Waals surface area contributed by atoms with Crippen molar-refractivity contribution in [3.05, 3.63) is 49.3 Å². The molecule has 0 aliphatic heterocycles. The first-order chi connectivity index (χ1) is 15.6. The molecular weight excluding hydrogens is 403 g/mol. The number of benzene rings is 1. The smallest absolute Gasteiger partial charge is 0.314 e. The summed E-state index contributed by atoms with van der Waals surface area (Å²) in [6.45, 7) is 7.89. The summed E-state index contributed by atoms with van der Waals surface area (Å²) in [6, 6.07) is 4.34. The van der Waals surface area contributed by atoms with E-state index in [9.17, 15) is 9.18 Å². The molecule has 3 fully saturated rings. The van der Waals surface area contributed by atoms with Gasteiger partial charge in [-0.15, -0.1) is 6.58 Å². The molecule has 0 amide bonds. The number of carbonyl (C=O) groups is 1. The van der Waals surface area contributed by atoms with Gasteiger partial charge in [-0.25, -0.2) is 4.39 Å². The van der Waals surface area contributed by atoms with Crippen molar-refractivity contribution in [3.8, 4) is 11.5 Å². The van der Waals surface area contributed by atoms with Crippen molar-refractivity contribution in [3.63, 3.8) is 0 Å². The summed E-state index contributed by atoms with van der Waals surface area (Å²) >= 11 is 0. The van der Waals surface area contributed by atoms with Gasteiger partial charge < -0.3 is 9.47 Å². The van der Waals surface area contributed by atoms with Gasteiger partial charge in [-0.2, -0.15) is 0 Å². The van der Waals surface area contributed by atoms with Gasteiger partial charge >= 0.3 is 5.97 Å². The van der Waals surface area contributed by atoms with Gasteiger partial charge in [0.05, 0.1) is 5.92 Å². The van der Waals surface area contributed by atoms with Gasteiger partial charge in [0.25, 0.3) is 0 Å². The Morgan fingerprint density at radius 1 is 0.938 bits per heavy atom. The molecule has 32 heavy (non-hydrogen) atoms. The Labute approximate surface area is 192 Å². The highest BCUT2D eigenvalue weighted by Crippen LogP contribution is 2.49. The average Bonchev–Trinajstić information content (AvgIpc) is 2.83. The lowest BCUT2D eigenvalue weighted by atomic mass is 9.61. The number of carbonyl (C=O) groups excluding carboxylic acids is 1. The first kappa shape index (κ1) is 23.1. The minimum atomic E-state index is -0.573. The number of hydrogen-bond acceptors (Lipinski definition) is 3. The van der Waals surface area contributed by atoms with E-state index in [-0.39, 0.29) is 17.6 Å². The van der Waals surface area contributed by atoms with E-state index in [0.717, 1.165) is 55.3 Å². The fourth-order valence-corrected chi connectivity index (χ4v) is 6.43. The molecular formula is C28H37FO3. The molecule has 0 saturated heterocycles. The van der Waals surface area contributed by atoms with Crippen LogP contribution in [0.4, 0.5) is 4.39 Å². The van der Waals surface area contributed by atoms with Gasteiger partial charge in [0.2, 0.25) is 0 Å². The van der Waals surface area contributed by atoms with Crippen LogP contribution in [0.1, 0.15) is 64.2 Å². The summed E-state index contributed by atoms with van der Waals surface area (Å²) in [5.41, 5.74) is 0. The fraction of sp³-hybridized carbons (Fsp3) is 0.607. The molecule has 4 atom stereocenters. The Hall–Kier alpha value is -2.10. The fourth-order valence-electron chi connectivity index (χ4n) is 6.43. The molecule has 1 aromatic rings. The summed E-state index contributed by atoms with van der Waals surface area (Å²) in [5.74, 6) is 3.46. The number of ether oxygens (including phenoxy) is 2. The minimum absolute atomic E-state index is 0.0171. The molecule has 3 aliphatic carbocycles. The van der Waals surface area contributed by atoms with E-state index in [1.807, 2.05) is 0 Å². The van der Waals surface area contributed by atoms with Crippen LogP contribution >= 0.6 is 0 Å². The minimum Gasteiger partial charge on any atom is -0.489 e. The molecule has 4 unspecified atom stereocenters. The van der Waals surface area contributed by atoms with Crippen LogP contribution in [0.15, 0.2) is 43.5 Å². The summed E-state index contributed by atoms with van der Waals surface area (Å²) < 4.78 is 25.0. The van der Waals surface area contributed by atoms with Crippen LogP contribution in [0, 0.1) is 41.3 Å². The number of fused-ring (bicyclic) bond motifs is 1. The first-order valence-electron chi connectivity index (χ1n) is 12.4. The van der Waals surface area contributed by atoms with Gasteiger partial charge in [0, 0.05) is 6.07 Å². The summed E-state index contributed by atoms with van der Waals surface area (Å²) in [4.78, 5) is 12.7. The lowest BCUT2D eigenvalue weighted by molar-refractivity contribution is -0.140. The zero-order valence-electron chi connectivity index (χ0n) is 19.1. The highest BCUT2D eigenvalue weighted by atomic mass is 19.1. The third-order valence-electron chi connectivity index (χ3n) is 8.28. The van der Waals surface area contributed by atoms with Crippen molar-refractivity contribution >= 4 is 5.97 Å². The molecule has 4 heteroatoms. The zero-order valence-corrected chi connectivity index (χ0v) is 19.1. The van der Waals surface area contributed by atoms with E-state index in [1.165, 1.54) is 50.7 Å². The summed E-state index contributed by atoms with van der Waals surface area (Å²) in [7, 11) is 0. The van der Waals surface area contributed by atoms with Crippen LogP contribution < -0.4 is 9.47 Å². The largest absolute Gasteiger partial charge is 0.489 e. The van der Waals surface area contributed by atoms with E-state index >= 15 is 0 Å². The molecule has 0 radical (unpaired) electrons. The average molecular weight is 441 g/mol. The molecule has 0 aromatic heterocycles. The van der Waals surface area contributed by atoms with Crippen LogP contribution in [0.2, 0.25) is 0 Å². The molecule has 3 saturated carbocycles. The molecule has 3 aliphatic rings. The highest BCUT2D eigenvalue weighted by Gasteiger charge is 2.39. The zero-order chi connectivity index (χ0) is 22.5. The quantitative estimate of drug-likeness (QED) is 0.257. The van der Waals surface area contributed by atoms with Crippen molar-refractivity contribution in [2.75, 3.05) is 6.61 Å². The van der Waals surface area contributed by atoms with Crippen LogP contribution in [0.3, 0.4) is 0 Å². The lowest BCUT2D eigenvalue weighted by Crippen LogP contribution is -2.35. The lowest BCUT2D eigenvalue weighted by Gasteiger charge is -2.45. The van der Waals surface area contributed by atoms with Gasteiger partial charge in [-0.1, -0.05) is 18.7 Å². The van der Waals surface area contributed by atoms with E-state index in [1.54, 1.807) is 12.1 Å². The topological polar surface area (TPSA) is 35.5 Å². The third kappa shape index (κ3) is 5.44. The van der Waals surface area contributed by atoms with Gasteiger partial charge in [0.15, 0.2) is 11.6 Å². The second-order valence-electron chi connectivity index (χ2n) is 10.1. The maximum Gasteiger partial charge on any atom is 0.314 e. The summed E-state index contributed by atoms with van der Waals surface area (Å²) in [6.07, 6.45) is 15.8. The number of rotatable bonds is 7. The first-order valence-corrected chi connectivity index (χ1v) is 12.4. The van der Waals surface area contributed by atoms with Gasteiger partial charge in [0.1, 0.15) is 12.4 Å². The number of halogens is 1. The maximum absolute atomic E-state index is 14.3. The highest BCUT2D eigenvalue weighted by molar-refractivity contribution is 5.75. The molecule has 1 aromatic carbocycles. The van der Waals surface area contributed by atoms with Crippen molar-refractivity contribution in [2.45, 2.75) is 64.2 Å². The van der Waals surface area contributed by atoms with Crippen molar-refractivity contribution < 1.29 is 18.7 Å². The molecule has 4 rings (SSSR count). The molecule has 0 bridgehead atoms. The number of allylic oxidation sites excluding steroid dienone is 1. The Morgan fingerprint density at radius 2 is 1.59 bits per heavy atom. The summed E-state index contributed by atoms with van der Waals surface area (Å²) in [5, 5.41) is 0. The maximum atomic E-state index is 14.3. The van der Waals surface area contributed by atoms with Crippen molar-refractivity contribution in [1.29, 1.82) is 0 Å². The molecule has 0 spiro atoms. The standard InChI is InChI=1S/C28H37FO3/c1-3-15-31-25-13-14-27(26(29)18-25)32-28(30)21-9-7-20(8-10-21)23-12-11-22-16-19(4-2)5-6-24(22)17-23/h3-4,13-14,18-24H,1-2,5-12,15-17H2. The monoisotopic (exact) mass is 440 g/mol. The Kier molecular flexibility index (Phi) is 7.70. The van der Waals surface area contributed by atoms with Gasteiger partial charge in [-0.3, -0.25) is 4.79 Å². The molecule has 174 valence electrons. The Balaban J connectivity index is 1.24. The van der Waals surface area contributed by atoms with Crippen molar-refractivity contribution in [1.82, 2.24) is 0 Å². The van der Waals surface area contributed by atoms with Crippen LogP contribution in [0.5, 0.6) is 11.5 Å². The van der Waals surface area contributed by atoms with Gasteiger partial charge in [-0.05, 0) is 106 Å². The Morgan fingerprint density at radius 3 is 2.28 bits per heavy atom. The Bertz CT molecular complexity index is 811. The molecule has 0 heterocycles. The predicted molar refractivity (Wildman–Crippen MR) is 125 cm³/mol. The third-order valence-corrected chi connectivity index (χ3v) is 8.28. The molecule has 3 nitrogen and oxygen atoms in total. The second-order valence-corrected chi connectivity index (χ2v) is 10.1. The second kappa shape index (κ2) is 10.7.